The lowest BCUT2D eigenvalue weighted by Gasteiger charge is -2.06. The average molecular weight is 264 g/mol. The third-order valence-electron chi connectivity index (χ3n) is 2.61. The topological polar surface area (TPSA) is 71.2 Å². The van der Waals surface area contributed by atoms with Gasteiger partial charge in [0.05, 0.1) is 30.9 Å². The maximum absolute atomic E-state index is 11.7. The van der Waals surface area contributed by atoms with Gasteiger partial charge < -0.3 is 9.47 Å². The Balaban J connectivity index is 2.11. The molecule has 0 amide bonds. The molecule has 0 atom stereocenters. The Morgan fingerprint density at radius 2 is 2.11 bits per heavy atom. The highest BCUT2D eigenvalue weighted by molar-refractivity contribution is 5.90. The van der Waals surface area contributed by atoms with E-state index in [1.54, 1.807) is 42.8 Å². The first kappa shape index (κ1) is 13.1. The van der Waals surface area contributed by atoms with Crippen LogP contribution in [0.4, 0.5) is 0 Å². The zero-order chi connectivity index (χ0) is 13.8. The molecule has 7 heteroatoms. The molecule has 0 bridgehead atoms. The Bertz CT molecular complexity index is 573. The summed E-state index contributed by atoms with van der Waals surface area (Å²) >= 11 is 0. The Kier molecular flexibility index (Phi) is 3.84. The molecule has 0 saturated carbocycles. The molecule has 0 aliphatic heterocycles. The van der Waals surface area contributed by atoms with E-state index in [9.17, 15) is 4.79 Å². The van der Waals surface area contributed by atoms with E-state index < -0.39 is 0 Å². The van der Waals surface area contributed by atoms with Crippen molar-refractivity contribution in [2.45, 2.75) is 13.5 Å². The van der Waals surface area contributed by atoms with Crippen LogP contribution in [0.15, 0.2) is 18.6 Å². The van der Waals surface area contributed by atoms with Gasteiger partial charge in [-0.05, 0) is 6.92 Å². The normalized spacial score (nSPS) is 10.5. The van der Waals surface area contributed by atoms with Crippen LogP contribution < -0.4 is 4.74 Å². The molecule has 2 aromatic rings. The number of ether oxygens (including phenoxy) is 2. The van der Waals surface area contributed by atoms with Crippen molar-refractivity contribution in [2.24, 2.45) is 14.1 Å². The number of carbonyl (C=O) groups excluding carboxylic acids is 1. The van der Waals surface area contributed by atoms with E-state index >= 15 is 0 Å². The Labute approximate surface area is 110 Å². The monoisotopic (exact) mass is 264 g/mol. The largest absolute Gasteiger partial charge is 0.484 e. The van der Waals surface area contributed by atoms with Gasteiger partial charge in [0.1, 0.15) is 12.2 Å². The van der Waals surface area contributed by atoms with Crippen molar-refractivity contribution >= 4 is 5.97 Å². The van der Waals surface area contributed by atoms with E-state index in [0.717, 1.165) is 0 Å². The Morgan fingerprint density at radius 3 is 2.74 bits per heavy atom. The van der Waals surface area contributed by atoms with Crippen LogP contribution in [0, 0.1) is 0 Å². The molecule has 2 rings (SSSR count). The van der Waals surface area contributed by atoms with Crippen LogP contribution in [0.5, 0.6) is 5.75 Å². The highest BCUT2D eigenvalue weighted by Crippen LogP contribution is 2.14. The minimum Gasteiger partial charge on any atom is -0.484 e. The molecule has 0 saturated heterocycles. The second-order valence-electron chi connectivity index (χ2n) is 3.99. The molecular formula is C12H16N4O3. The number of carbonyl (C=O) groups is 1. The summed E-state index contributed by atoms with van der Waals surface area (Å²) in [5.41, 5.74) is 1.09. The summed E-state index contributed by atoms with van der Waals surface area (Å²) in [6.45, 7) is 2.33. The summed E-state index contributed by atoms with van der Waals surface area (Å²) in [4.78, 5) is 11.7. The van der Waals surface area contributed by atoms with E-state index in [4.69, 9.17) is 9.47 Å². The molecule has 0 aliphatic rings. The average Bonchev–Trinajstić information content (AvgIpc) is 2.94. The van der Waals surface area contributed by atoms with Crippen LogP contribution in [0.3, 0.4) is 0 Å². The zero-order valence-corrected chi connectivity index (χ0v) is 11.2. The van der Waals surface area contributed by atoms with Crippen molar-refractivity contribution in [2.75, 3.05) is 6.61 Å². The zero-order valence-electron chi connectivity index (χ0n) is 11.2. The lowest BCUT2D eigenvalue weighted by atomic mass is 10.2. The molecule has 7 nitrogen and oxygen atoms in total. The second kappa shape index (κ2) is 5.55. The van der Waals surface area contributed by atoms with Gasteiger partial charge in [-0.15, -0.1) is 0 Å². The van der Waals surface area contributed by atoms with E-state index in [0.29, 0.717) is 23.6 Å². The lowest BCUT2D eigenvalue weighted by molar-refractivity contribution is 0.0523. The quantitative estimate of drug-likeness (QED) is 0.751. The van der Waals surface area contributed by atoms with Gasteiger partial charge in [-0.3, -0.25) is 9.36 Å². The second-order valence-corrected chi connectivity index (χ2v) is 3.99. The fourth-order valence-corrected chi connectivity index (χ4v) is 1.64. The molecule has 0 aliphatic carbocycles. The van der Waals surface area contributed by atoms with Crippen LogP contribution in [-0.4, -0.2) is 32.1 Å². The SMILES string of the molecule is CCOC(=O)c1cnn(C)c1COc1cnn(C)c1. The predicted octanol–water partition coefficient (Wildman–Crippen LogP) is 0.909. The van der Waals surface area contributed by atoms with Crippen molar-refractivity contribution in [3.05, 3.63) is 29.8 Å². The van der Waals surface area contributed by atoms with Crippen molar-refractivity contribution in [1.82, 2.24) is 19.6 Å². The van der Waals surface area contributed by atoms with Crippen molar-refractivity contribution < 1.29 is 14.3 Å². The molecule has 19 heavy (non-hydrogen) atoms. The first-order valence-electron chi connectivity index (χ1n) is 5.91. The fourth-order valence-electron chi connectivity index (χ4n) is 1.64. The summed E-state index contributed by atoms with van der Waals surface area (Å²) in [5.74, 6) is 0.249. The van der Waals surface area contributed by atoms with E-state index in [1.807, 2.05) is 0 Å². The van der Waals surface area contributed by atoms with Gasteiger partial charge in [-0.25, -0.2) is 4.79 Å². The van der Waals surface area contributed by atoms with E-state index in [2.05, 4.69) is 10.2 Å². The fraction of sp³-hybridized carbons (Fsp3) is 0.417. The molecule has 0 N–H and O–H groups in total. The third-order valence-corrected chi connectivity index (χ3v) is 2.61. The molecule has 0 aromatic carbocycles. The molecular weight excluding hydrogens is 248 g/mol. The van der Waals surface area contributed by atoms with Gasteiger partial charge in [0.15, 0.2) is 5.75 Å². The van der Waals surface area contributed by atoms with Crippen molar-refractivity contribution in [3.63, 3.8) is 0 Å². The summed E-state index contributed by atoms with van der Waals surface area (Å²) in [7, 11) is 3.56. The van der Waals surface area contributed by atoms with Gasteiger partial charge in [0, 0.05) is 14.1 Å². The standard InChI is InChI=1S/C12H16N4O3/c1-4-18-12(17)10-6-14-16(3)11(10)8-19-9-5-13-15(2)7-9/h5-7H,4,8H2,1-3H3. The molecule has 0 unspecified atom stereocenters. The van der Waals surface area contributed by atoms with E-state index in [-0.39, 0.29) is 12.6 Å². The predicted molar refractivity (Wildman–Crippen MR) is 66.7 cm³/mol. The van der Waals surface area contributed by atoms with Crippen LogP contribution in [0.1, 0.15) is 23.0 Å². The minimum absolute atomic E-state index is 0.232. The van der Waals surface area contributed by atoms with Crippen molar-refractivity contribution in [3.8, 4) is 5.75 Å². The molecule has 102 valence electrons. The van der Waals surface area contributed by atoms with Gasteiger partial charge in [0.2, 0.25) is 0 Å². The maximum atomic E-state index is 11.7. The van der Waals surface area contributed by atoms with Gasteiger partial charge in [-0.2, -0.15) is 10.2 Å². The number of aromatic nitrogens is 4. The third kappa shape index (κ3) is 2.93. The Hall–Kier alpha value is -2.31. The molecule has 0 spiro atoms. The van der Waals surface area contributed by atoms with Crippen LogP contribution in [0.2, 0.25) is 0 Å². The summed E-state index contributed by atoms with van der Waals surface area (Å²) in [5, 5.41) is 8.06. The number of rotatable bonds is 5. The molecule has 0 radical (unpaired) electrons. The lowest BCUT2D eigenvalue weighted by Crippen LogP contribution is -2.11. The summed E-state index contributed by atoms with van der Waals surface area (Å²) in [6, 6.07) is 0. The van der Waals surface area contributed by atoms with Gasteiger partial charge in [0.25, 0.3) is 0 Å². The van der Waals surface area contributed by atoms with Crippen LogP contribution >= 0.6 is 0 Å². The van der Waals surface area contributed by atoms with Crippen LogP contribution in [-0.2, 0) is 25.4 Å². The molecule has 2 aromatic heterocycles. The van der Waals surface area contributed by atoms with Crippen molar-refractivity contribution in [1.29, 1.82) is 0 Å². The minimum atomic E-state index is -0.389. The summed E-state index contributed by atoms with van der Waals surface area (Å²) in [6.07, 6.45) is 4.85. The highest BCUT2D eigenvalue weighted by Gasteiger charge is 2.17. The molecule has 2 heterocycles. The van der Waals surface area contributed by atoms with E-state index in [1.165, 1.54) is 6.20 Å². The maximum Gasteiger partial charge on any atom is 0.341 e. The number of nitrogens with zero attached hydrogens (tertiary/aromatic N) is 4. The van der Waals surface area contributed by atoms with Gasteiger partial charge >= 0.3 is 5.97 Å². The number of esters is 1. The summed E-state index contributed by atoms with van der Waals surface area (Å²) < 4.78 is 13.8. The number of aryl methyl sites for hydroxylation is 2. The Morgan fingerprint density at radius 1 is 1.32 bits per heavy atom. The highest BCUT2D eigenvalue weighted by atomic mass is 16.5. The first-order chi connectivity index (χ1) is 9.11. The first-order valence-corrected chi connectivity index (χ1v) is 5.91. The number of hydrogen-bond acceptors (Lipinski definition) is 5. The smallest absolute Gasteiger partial charge is 0.341 e. The molecule has 0 fully saturated rings. The number of hydrogen-bond donors (Lipinski definition) is 0. The van der Waals surface area contributed by atoms with Crippen LogP contribution in [0.25, 0.3) is 0 Å². The van der Waals surface area contributed by atoms with Gasteiger partial charge in [-0.1, -0.05) is 0 Å².